The van der Waals surface area contributed by atoms with Crippen molar-refractivity contribution in [3.05, 3.63) is 70.8 Å². The molecule has 1 aromatic heterocycles. The van der Waals surface area contributed by atoms with Crippen molar-refractivity contribution in [2.75, 3.05) is 13.1 Å². The summed E-state index contributed by atoms with van der Waals surface area (Å²) in [6, 6.07) is 11.0. The molecule has 7 nitrogen and oxygen atoms in total. The molecule has 1 saturated heterocycles. The summed E-state index contributed by atoms with van der Waals surface area (Å²) in [6.45, 7) is 0.731. The van der Waals surface area contributed by atoms with Gasteiger partial charge in [-0.1, -0.05) is 23.7 Å². The predicted molar refractivity (Wildman–Crippen MR) is 99.6 cm³/mol. The molecule has 0 aliphatic carbocycles. The van der Waals surface area contributed by atoms with E-state index in [-0.39, 0.29) is 11.6 Å². The molecule has 1 aliphatic rings. The summed E-state index contributed by atoms with van der Waals surface area (Å²) in [5, 5.41) is 22.4. The Labute approximate surface area is 165 Å². The van der Waals surface area contributed by atoms with Gasteiger partial charge in [-0.2, -0.15) is 4.68 Å². The number of likely N-dealkylation sites (tertiary alicyclic amines) is 1. The number of amides is 1. The van der Waals surface area contributed by atoms with Gasteiger partial charge in [0.15, 0.2) is 0 Å². The third kappa shape index (κ3) is 3.48. The van der Waals surface area contributed by atoms with E-state index >= 15 is 0 Å². The van der Waals surface area contributed by atoms with Crippen molar-refractivity contribution < 1.29 is 14.3 Å². The maximum absolute atomic E-state index is 13.7. The maximum atomic E-state index is 13.7. The first-order valence-electron chi connectivity index (χ1n) is 8.77. The van der Waals surface area contributed by atoms with Crippen molar-refractivity contribution in [3.8, 4) is 5.69 Å². The minimum Gasteiger partial charge on any atom is -0.385 e. The zero-order valence-corrected chi connectivity index (χ0v) is 15.6. The number of piperidine rings is 1. The second kappa shape index (κ2) is 7.29. The number of carbonyl (C=O) groups excluding carboxylic acids is 1. The number of halogens is 2. The maximum Gasteiger partial charge on any atom is 0.256 e. The fourth-order valence-corrected chi connectivity index (χ4v) is 3.57. The number of aromatic nitrogens is 4. The minimum absolute atomic E-state index is 0.261. The van der Waals surface area contributed by atoms with Gasteiger partial charge in [-0.15, -0.1) is 5.10 Å². The van der Waals surface area contributed by atoms with Crippen LogP contribution in [0.4, 0.5) is 4.39 Å². The summed E-state index contributed by atoms with van der Waals surface area (Å²) in [7, 11) is 0. The Morgan fingerprint density at radius 1 is 1.14 bits per heavy atom. The van der Waals surface area contributed by atoms with Crippen LogP contribution in [0.15, 0.2) is 48.8 Å². The lowest BCUT2D eigenvalue weighted by Crippen LogP contribution is -2.45. The van der Waals surface area contributed by atoms with Gasteiger partial charge in [-0.25, -0.2) is 4.39 Å². The van der Waals surface area contributed by atoms with Gasteiger partial charge >= 0.3 is 0 Å². The molecule has 1 fully saturated rings. The van der Waals surface area contributed by atoms with Crippen LogP contribution in [0.25, 0.3) is 5.69 Å². The summed E-state index contributed by atoms with van der Waals surface area (Å²) in [5.41, 5.74) is 0.336. The molecule has 2 aromatic carbocycles. The summed E-state index contributed by atoms with van der Waals surface area (Å²) in [5.74, 6) is -0.749. The van der Waals surface area contributed by atoms with Gasteiger partial charge in [-0.05, 0) is 53.1 Å². The summed E-state index contributed by atoms with van der Waals surface area (Å²) < 4.78 is 15.0. The molecule has 3 aromatic rings. The molecule has 0 unspecified atom stereocenters. The van der Waals surface area contributed by atoms with Crippen molar-refractivity contribution in [1.82, 2.24) is 25.1 Å². The summed E-state index contributed by atoms with van der Waals surface area (Å²) >= 11 is 5.92. The smallest absolute Gasteiger partial charge is 0.256 e. The van der Waals surface area contributed by atoms with Crippen LogP contribution in [0, 0.1) is 5.82 Å². The predicted octanol–water partition coefficient (Wildman–Crippen LogP) is 2.58. The van der Waals surface area contributed by atoms with Crippen LogP contribution in [0.5, 0.6) is 0 Å². The van der Waals surface area contributed by atoms with Crippen molar-refractivity contribution in [2.24, 2.45) is 0 Å². The van der Waals surface area contributed by atoms with E-state index in [0.29, 0.717) is 36.5 Å². The zero-order chi connectivity index (χ0) is 19.7. The Hall–Kier alpha value is -2.84. The van der Waals surface area contributed by atoms with Crippen molar-refractivity contribution in [2.45, 2.75) is 18.4 Å². The molecule has 4 rings (SSSR count). The number of benzene rings is 2. The molecule has 0 bridgehead atoms. The Morgan fingerprint density at radius 2 is 1.86 bits per heavy atom. The van der Waals surface area contributed by atoms with Gasteiger partial charge in [0.25, 0.3) is 5.91 Å². The Morgan fingerprint density at radius 3 is 2.50 bits per heavy atom. The Bertz CT molecular complexity index is 986. The Balaban J connectivity index is 1.54. The molecule has 0 radical (unpaired) electrons. The number of nitrogens with zero attached hydrogens (tertiary/aromatic N) is 5. The Kier molecular flexibility index (Phi) is 4.82. The topological polar surface area (TPSA) is 84.1 Å². The van der Waals surface area contributed by atoms with Crippen molar-refractivity contribution in [3.63, 3.8) is 0 Å². The second-order valence-corrected chi connectivity index (χ2v) is 7.18. The highest BCUT2D eigenvalue weighted by molar-refractivity contribution is 6.30. The van der Waals surface area contributed by atoms with Crippen LogP contribution in [-0.4, -0.2) is 49.2 Å². The van der Waals surface area contributed by atoms with Crippen LogP contribution < -0.4 is 0 Å². The fourth-order valence-electron chi connectivity index (χ4n) is 3.45. The molecule has 144 valence electrons. The molecule has 28 heavy (non-hydrogen) atoms. The fraction of sp³-hybridized carbons (Fsp3) is 0.263. The lowest BCUT2D eigenvalue weighted by Gasteiger charge is -2.38. The van der Waals surface area contributed by atoms with Gasteiger partial charge in [0.2, 0.25) is 0 Å². The summed E-state index contributed by atoms with van der Waals surface area (Å²) in [4.78, 5) is 14.7. The highest BCUT2D eigenvalue weighted by Crippen LogP contribution is 2.34. The zero-order valence-electron chi connectivity index (χ0n) is 14.8. The van der Waals surface area contributed by atoms with Crippen molar-refractivity contribution >= 4 is 17.5 Å². The average Bonchev–Trinajstić information content (AvgIpc) is 3.23. The molecular formula is C19H17ClFN5O2. The monoisotopic (exact) mass is 401 g/mol. The number of aliphatic hydroxyl groups is 1. The molecule has 2 heterocycles. The summed E-state index contributed by atoms with van der Waals surface area (Å²) in [6.07, 6.45) is 2.09. The molecule has 1 N–H and O–H groups in total. The lowest BCUT2D eigenvalue weighted by atomic mass is 9.84. The normalized spacial score (nSPS) is 16.2. The third-order valence-corrected chi connectivity index (χ3v) is 5.30. The molecule has 1 aliphatic heterocycles. The molecule has 0 atom stereocenters. The van der Waals surface area contributed by atoms with Crippen LogP contribution in [-0.2, 0) is 5.60 Å². The SMILES string of the molecule is O=C(c1ccc(F)cc1-n1cnnn1)N1CCC(O)(c2ccc(Cl)cc2)CC1. The average molecular weight is 402 g/mol. The molecule has 0 spiro atoms. The molecule has 9 heteroatoms. The van der Waals surface area contributed by atoms with E-state index in [1.54, 1.807) is 29.2 Å². The number of tetrazole rings is 1. The van der Waals surface area contributed by atoms with Gasteiger partial charge < -0.3 is 10.0 Å². The standard InChI is InChI=1S/C19H17ClFN5O2/c20-14-3-1-13(2-4-14)19(28)7-9-25(10-8-19)18(27)16-6-5-15(21)11-17(16)26-12-22-23-24-26/h1-6,11-12,28H,7-10H2. The highest BCUT2D eigenvalue weighted by Gasteiger charge is 2.36. The largest absolute Gasteiger partial charge is 0.385 e. The first-order valence-corrected chi connectivity index (χ1v) is 9.15. The van der Waals surface area contributed by atoms with E-state index in [4.69, 9.17) is 11.6 Å². The van der Waals surface area contributed by atoms with Gasteiger partial charge in [0.1, 0.15) is 12.1 Å². The molecule has 0 saturated carbocycles. The number of hydrogen-bond acceptors (Lipinski definition) is 5. The van der Waals surface area contributed by atoms with E-state index < -0.39 is 11.4 Å². The third-order valence-electron chi connectivity index (χ3n) is 5.05. The lowest BCUT2D eigenvalue weighted by molar-refractivity contribution is -0.0211. The van der Waals surface area contributed by atoms with Crippen LogP contribution in [0.2, 0.25) is 5.02 Å². The molecule has 1 amide bonds. The van der Waals surface area contributed by atoms with Crippen LogP contribution >= 0.6 is 11.6 Å². The second-order valence-electron chi connectivity index (χ2n) is 6.75. The molecular weight excluding hydrogens is 385 g/mol. The van der Waals surface area contributed by atoms with E-state index in [2.05, 4.69) is 15.5 Å². The van der Waals surface area contributed by atoms with E-state index in [1.807, 2.05) is 0 Å². The van der Waals surface area contributed by atoms with E-state index in [9.17, 15) is 14.3 Å². The van der Waals surface area contributed by atoms with Crippen LogP contribution in [0.1, 0.15) is 28.8 Å². The highest BCUT2D eigenvalue weighted by atomic mass is 35.5. The number of carbonyl (C=O) groups is 1. The quantitative estimate of drug-likeness (QED) is 0.729. The van der Waals surface area contributed by atoms with Gasteiger partial charge in [0, 0.05) is 24.2 Å². The van der Waals surface area contributed by atoms with Gasteiger partial charge in [0.05, 0.1) is 16.9 Å². The van der Waals surface area contributed by atoms with Crippen molar-refractivity contribution in [1.29, 1.82) is 0 Å². The number of hydrogen-bond donors (Lipinski definition) is 1. The van der Waals surface area contributed by atoms with E-state index in [0.717, 1.165) is 5.56 Å². The van der Waals surface area contributed by atoms with Gasteiger partial charge in [-0.3, -0.25) is 4.79 Å². The van der Waals surface area contributed by atoms with Crippen LogP contribution in [0.3, 0.4) is 0 Å². The first kappa shape index (κ1) is 18.5. The minimum atomic E-state index is -1.01. The first-order chi connectivity index (χ1) is 13.5. The van der Waals surface area contributed by atoms with E-state index in [1.165, 1.54) is 29.2 Å². The number of rotatable bonds is 3.